The van der Waals surface area contributed by atoms with Crippen molar-refractivity contribution < 1.29 is 19.1 Å². The number of hydrogen-bond donors (Lipinski definition) is 1. The van der Waals surface area contributed by atoms with Gasteiger partial charge in [-0.3, -0.25) is 9.59 Å². The number of fused-ring (bicyclic) bond motifs is 1. The monoisotopic (exact) mass is 429 g/mol. The van der Waals surface area contributed by atoms with E-state index in [-0.39, 0.29) is 18.4 Å². The zero-order valence-electron chi connectivity index (χ0n) is 16.8. The molecule has 0 radical (unpaired) electrons. The molecule has 0 aliphatic carbocycles. The lowest BCUT2D eigenvalue weighted by Gasteiger charge is -2.38. The summed E-state index contributed by atoms with van der Waals surface area (Å²) in [6, 6.07) is 12.9. The molecule has 2 amide bonds. The van der Waals surface area contributed by atoms with Crippen LogP contribution in [0.4, 0.5) is 11.4 Å². The highest BCUT2D eigenvalue weighted by Crippen LogP contribution is 2.33. The van der Waals surface area contributed by atoms with Gasteiger partial charge in [-0.25, -0.2) is 0 Å². The molecule has 0 spiro atoms. The van der Waals surface area contributed by atoms with E-state index >= 15 is 0 Å². The van der Waals surface area contributed by atoms with E-state index in [4.69, 9.17) is 21.1 Å². The second-order valence-electron chi connectivity index (χ2n) is 7.40. The quantitative estimate of drug-likeness (QED) is 0.809. The van der Waals surface area contributed by atoms with Crippen LogP contribution in [0.5, 0.6) is 5.75 Å². The Kier molecular flexibility index (Phi) is 6.11. The summed E-state index contributed by atoms with van der Waals surface area (Å²) in [4.78, 5) is 29.3. The minimum atomic E-state index is -0.667. The molecule has 2 aliphatic rings. The molecule has 2 aromatic rings. The predicted molar refractivity (Wildman–Crippen MR) is 115 cm³/mol. The van der Waals surface area contributed by atoms with E-state index in [2.05, 4.69) is 5.32 Å². The maximum atomic E-state index is 13.0. The molecule has 4 rings (SSSR count). The van der Waals surface area contributed by atoms with Crippen molar-refractivity contribution in [2.24, 2.45) is 0 Å². The van der Waals surface area contributed by atoms with Crippen molar-refractivity contribution in [3.05, 3.63) is 53.1 Å². The normalized spacial score (nSPS) is 18.4. The van der Waals surface area contributed by atoms with E-state index in [0.29, 0.717) is 49.3 Å². The Hall–Kier alpha value is -2.77. The first-order valence-electron chi connectivity index (χ1n) is 9.94. The van der Waals surface area contributed by atoms with Gasteiger partial charge in [0.15, 0.2) is 6.10 Å². The van der Waals surface area contributed by atoms with Crippen LogP contribution >= 0.6 is 11.6 Å². The zero-order valence-corrected chi connectivity index (χ0v) is 17.5. The van der Waals surface area contributed by atoms with Crippen molar-refractivity contribution in [1.82, 2.24) is 4.90 Å². The molecule has 1 fully saturated rings. The van der Waals surface area contributed by atoms with Crippen LogP contribution in [0.15, 0.2) is 42.5 Å². The number of para-hydroxylation sites is 2. The van der Waals surface area contributed by atoms with Gasteiger partial charge in [-0.2, -0.15) is 0 Å². The molecule has 1 saturated heterocycles. The van der Waals surface area contributed by atoms with Crippen molar-refractivity contribution in [1.29, 1.82) is 0 Å². The Morgan fingerprint density at radius 3 is 2.70 bits per heavy atom. The number of rotatable bonds is 4. The Morgan fingerprint density at radius 2 is 1.93 bits per heavy atom. The fourth-order valence-corrected chi connectivity index (χ4v) is 3.80. The molecule has 0 aromatic heterocycles. The molecule has 2 aromatic carbocycles. The number of hydrogen-bond acceptors (Lipinski definition) is 5. The van der Waals surface area contributed by atoms with Crippen LogP contribution in [-0.4, -0.2) is 62.2 Å². The molecule has 7 nitrogen and oxygen atoms in total. The first kappa shape index (κ1) is 20.5. The summed E-state index contributed by atoms with van der Waals surface area (Å²) in [5.74, 6) is 0.328. The molecule has 1 N–H and O–H groups in total. The van der Waals surface area contributed by atoms with Crippen LogP contribution in [0.3, 0.4) is 0 Å². The molecule has 2 aliphatic heterocycles. The molecule has 0 saturated carbocycles. The van der Waals surface area contributed by atoms with Crippen LogP contribution in [0.1, 0.15) is 5.56 Å². The van der Waals surface area contributed by atoms with Gasteiger partial charge in [-0.15, -0.1) is 0 Å². The first-order valence-corrected chi connectivity index (χ1v) is 10.3. The van der Waals surface area contributed by atoms with Crippen LogP contribution in [0.2, 0.25) is 5.02 Å². The van der Waals surface area contributed by atoms with Crippen molar-refractivity contribution in [2.45, 2.75) is 13.0 Å². The van der Waals surface area contributed by atoms with E-state index < -0.39 is 6.10 Å². The van der Waals surface area contributed by atoms with Gasteiger partial charge in [0.25, 0.3) is 5.91 Å². The Morgan fingerprint density at radius 1 is 1.17 bits per heavy atom. The highest BCUT2D eigenvalue weighted by molar-refractivity contribution is 6.31. The van der Waals surface area contributed by atoms with Gasteiger partial charge in [0.05, 0.1) is 32.0 Å². The number of nitrogens with one attached hydrogen (secondary N) is 1. The number of anilines is 2. The van der Waals surface area contributed by atoms with Crippen molar-refractivity contribution >= 4 is 34.8 Å². The largest absolute Gasteiger partial charge is 0.477 e. The average Bonchev–Trinajstić information content (AvgIpc) is 2.76. The molecule has 1 atom stereocenters. The number of carbonyl (C=O) groups is 2. The maximum Gasteiger partial charge on any atom is 0.265 e. The van der Waals surface area contributed by atoms with E-state index in [1.807, 2.05) is 48.2 Å². The van der Waals surface area contributed by atoms with E-state index in [0.717, 1.165) is 11.3 Å². The molecule has 8 heteroatoms. The smallest absolute Gasteiger partial charge is 0.265 e. The Balaban J connectivity index is 1.48. The zero-order chi connectivity index (χ0) is 21.1. The molecule has 30 heavy (non-hydrogen) atoms. The van der Waals surface area contributed by atoms with Gasteiger partial charge in [-0.1, -0.05) is 29.8 Å². The van der Waals surface area contributed by atoms with Gasteiger partial charge in [0, 0.05) is 23.8 Å². The van der Waals surface area contributed by atoms with Crippen LogP contribution in [0.25, 0.3) is 0 Å². The number of ether oxygens (including phenoxy) is 2. The van der Waals surface area contributed by atoms with Crippen molar-refractivity contribution in [3.63, 3.8) is 0 Å². The maximum absolute atomic E-state index is 13.0. The Bertz CT molecular complexity index is 946. The minimum Gasteiger partial charge on any atom is -0.477 e. The molecule has 158 valence electrons. The number of morpholine rings is 1. The van der Waals surface area contributed by atoms with E-state index in [9.17, 15) is 9.59 Å². The summed E-state index contributed by atoms with van der Waals surface area (Å²) in [5, 5.41) is 3.48. The fraction of sp³-hybridized carbons (Fsp3) is 0.364. The van der Waals surface area contributed by atoms with Gasteiger partial charge in [0.1, 0.15) is 5.75 Å². The number of nitrogens with zero attached hydrogens (tertiary/aromatic N) is 2. The fourth-order valence-electron chi connectivity index (χ4n) is 3.62. The summed E-state index contributed by atoms with van der Waals surface area (Å²) < 4.78 is 11.3. The number of carbonyl (C=O) groups excluding carboxylic acids is 2. The molecule has 0 unspecified atom stereocenters. The third-order valence-corrected chi connectivity index (χ3v) is 5.66. The van der Waals surface area contributed by atoms with Crippen LogP contribution in [0, 0.1) is 6.92 Å². The highest BCUT2D eigenvalue weighted by Gasteiger charge is 2.34. The van der Waals surface area contributed by atoms with Gasteiger partial charge in [-0.05, 0) is 36.8 Å². The van der Waals surface area contributed by atoms with Crippen molar-refractivity contribution in [2.75, 3.05) is 49.6 Å². The van der Waals surface area contributed by atoms with E-state index in [1.165, 1.54) is 0 Å². The molecular formula is C22H24ClN3O4. The number of amides is 2. The third kappa shape index (κ3) is 4.52. The first-order chi connectivity index (χ1) is 14.5. The molecular weight excluding hydrogens is 406 g/mol. The number of halogens is 1. The van der Waals surface area contributed by atoms with Crippen LogP contribution < -0.4 is 15.0 Å². The number of benzene rings is 2. The van der Waals surface area contributed by atoms with Gasteiger partial charge in [0.2, 0.25) is 5.91 Å². The lowest BCUT2D eigenvalue weighted by Crippen LogP contribution is -2.53. The third-order valence-electron chi connectivity index (χ3n) is 5.25. The SMILES string of the molecule is Cc1ccc(NC(=O)CN2C[C@@H](C(=O)N3CCOCC3)Oc3ccccc32)cc1Cl. The highest BCUT2D eigenvalue weighted by atomic mass is 35.5. The summed E-state index contributed by atoms with van der Waals surface area (Å²) in [6.45, 7) is 4.46. The topological polar surface area (TPSA) is 71.1 Å². The van der Waals surface area contributed by atoms with Gasteiger partial charge < -0.3 is 24.6 Å². The summed E-state index contributed by atoms with van der Waals surface area (Å²) in [5.41, 5.74) is 2.37. The second kappa shape index (κ2) is 8.93. The Labute approximate surface area is 180 Å². The minimum absolute atomic E-state index is 0.0801. The predicted octanol–water partition coefficient (Wildman–Crippen LogP) is 2.71. The second-order valence-corrected chi connectivity index (χ2v) is 7.81. The average molecular weight is 430 g/mol. The lowest BCUT2D eigenvalue weighted by atomic mass is 10.1. The lowest BCUT2D eigenvalue weighted by molar-refractivity contribution is -0.142. The summed E-state index contributed by atoms with van der Waals surface area (Å²) >= 11 is 6.15. The van der Waals surface area contributed by atoms with E-state index in [1.54, 1.807) is 11.0 Å². The molecule has 2 heterocycles. The summed E-state index contributed by atoms with van der Waals surface area (Å²) in [7, 11) is 0. The molecule has 0 bridgehead atoms. The summed E-state index contributed by atoms with van der Waals surface area (Å²) in [6.07, 6.45) is -0.667. The van der Waals surface area contributed by atoms with Crippen LogP contribution in [-0.2, 0) is 14.3 Å². The number of aryl methyl sites for hydroxylation is 1. The standard InChI is InChI=1S/C22H24ClN3O4/c1-15-6-7-16(12-17(15)23)24-21(27)14-26-13-20(22(28)25-8-10-29-11-9-25)30-19-5-3-2-4-18(19)26/h2-7,12,20H,8-11,13-14H2,1H3,(H,24,27)/t20-/m0/s1. The van der Waals surface area contributed by atoms with Gasteiger partial charge >= 0.3 is 0 Å². The van der Waals surface area contributed by atoms with Crippen molar-refractivity contribution in [3.8, 4) is 5.75 Å².